The lowest BCUT2D eigenvalue weighted by Crippen LogP contribution is -2.00. The minimum Gasteiger partial charge on any atom is -0.342 e. The molecule has 0 unspecified atom stereocenters. The molecular weight excluding hydrogens is 371 g/mol. The molecule has 0 aliphatic rings. The molecule has 28 heavy (non-hydrogen) atoms. The van der Waals surface area contributed by atoms with E-state index in [1.165, 1.54) is 6.07 Å². The van der Waals surface area contributed by atoms with Crippen LogP contribution in [0.3, 0.4) is 0 Å². The first-order chi connectivity index (χ1) is 13.7. The Morgan fingerprint density at radius 2 is 1.71 bits per heavy atom. The van der Waals surface area contributed by atoms with Gasteiger partial charge >= 0.3 is 0 Å². The topological polar surface area (TPSA) is 28.7 Å². The lowest BCUT2D eigenvalue weighted by atomic mass is 10.0. The van der Waals surface area contributed by atoms with Gasteiger partial charge in [0.05, 0.1) is 18.2 Å². The van der Waals surface area contributed by atoms with E-state index >= 15 is 0 Å². The molecule has 0 bridgehead atoms. The van der Waals surface area contributed by atoms with Crippen molar-refractivity contribution in [2.75, 3.05) is 0 Å². The molecule has 1 heterocycles. The highest BCUT2D eigenvalue weighted by molar-refractivity contribution is 6.30. The quantitative estimate of drug-likeness (QED) is 0.366. The molecule has 0 aliphatic carbocycles. The first-order valence-corrected chi connectivity index (χ1v) is 9.22. The van der Waals surface area contributed by atoms with E-state index in [0.29, 0.717) is 22.7 Å². The highest BCUT2D eigenvalue weighted by atomic mass is 35.5. The zero-order valence-electron chi connectivity index (χ0n) is 14.9. The molecule has 0 spiro atoms. The largest absolute Gasteiger partial charge is 0.342 e. The van der Waals surface area contributed by atoms with E-state index < -0.39 is 0 Å². The summed E-state index contributed by atoms with van der Waals surface area (Å²) in [4.78, 5) is 0. The minimum atomic E-state index is -0.226. The van der Waals surface area contributed by atoms with Gasteiger partial charge < -0.3 is 4.57 Å². The second-order valence-electron chi connectivity index (χ2n) is 6.50. The van der Waals surface area contributed by atoms with Gasteiger partial charge in [-0.25, -0.2) is 4.39 Å². The van der Waals surface area contributed by atoms with Gasteiger partial charge in [0.15, 0.2) is 0 Å². The minimum absolute atomic E-state index is 0.226. The Morgan fingerprint density at radius 1 is 1.00 bits per heavy atom. The fourth-order valence-electron chi connectivity index (χ4n) is 3.30. The van der Waals surface area contributed by atoms with E-state index in [1.54, 1.807) is 24.3 Å². The van der Waals surface area contributed by atoms with Crippen LogP contribution in [-0.2, 0) is 6.54 Å². The van der Waals surface area contributed by atoms with Gasteiger partial charge in [-0.15, -0.1) is 0 Å². The number of halogens is 2. The van der Waals surface area contributed by atoms with E-state index in [2.05, 4.69) is 6.07 Å². The second kappa shape index (κ2) is 7.72. The van der Waals surface area contributed by atoms with Gasteiger partial charge in [-0.05, 0) is 35.9 Å². The van der Waals surface area contributed by atoms with E-state index in [-0.39, 0.29) is 5.82 Å². The number of allylic oxidation sites excluding steroid dienone is 1. The summed E-state index contributed by atoms with van der Waals surface area (Å²) in [5.41, 5.74) is 3.88. The summed E-state index contributed by atoms with van der Waals surface area (Å²) in [6, 6.07) is 24.2. The summed E-state index contributed by atoms with van der Waals surface area (Å²) in [5, 5.41) is 11.3. The summed E-state index contributed by atoms with van der Waals surface area (Å²) in [5.74, 6) is -0.226. The maximum Gasteiger partial charge on any atom is 0.128 e. The molecule has 3 aromatic carbocycles. The molecule has 0 N–H and O–H groups in total. The van der Waals surface area contributed by atoms with Crippen molar-refractivity contribution < 1.29 is 4.39 Å². The Kier molecular flexibility index (Phi) is 4.97. The summed E-state index contributed by atoms with van der Waals surface area (Å²) in [6.45, 7) is 0.420. The molecule has 4 aromatic rings. The molecular formula is C24H16ClFN2. The molecule has 2 nitrogen and oxygen atoms in total. The zero-order valence-corrected chi connectivity index (χ0v) is 15.7. The van der Waals surface area contributed by atoms with Crippen LogP contribution in [0.1, 0.15) is 16.7 Å². The zero-order chi connectivity index (χ0) is 19.5. The van der Waals surface area contributed by atoms with Crippen molar-refractivity contribution in [2.24, 2.45) is 0 Å². The second-order valence-corrected chi connectivity index (χ2v) is 6.93. The summed E-state index contributed by atoms with van der Waals surface area (Å²) >= 11 is 5.95. The maximum atomic E-state index is 14.1. The number of nitrogens with zero attached hydrogens (tertiary/aromatic N) is 2. The van der Waals surface area contributed by atoms with Gasteiger partial charge in [0, 0.05) is 33.2 Å². The van der Waals surface area contributed by atoms with E-state index in [0.717, 1.165) is 22.0 Å². The van der Waals surface area contributed by atoms with Crippen LogP contribution in [0.15, 0.2) is 79.0 Å². The average molecular weight is 387 g/mol. The Bertz CT molecular complexity index is 1210. The maximum absolute atomic E-state index is 14.1. The molecule has 0 saturated carbocycles. The molecule has 0 fully saturated rings. The van der Waals surface area contributed by atoms with Crippen LogP contribution in [0.2, 0.25) is 5.02 Å². The monoisotopic (exact) mass is 386 g/mol. The number of fused-ring (bicyclic) bond motifs is 1. The summed E-state index contributed by atoms with van der Waals surface area (Å²) < 4.78 is 16.1. The molecule has 0 amide bonds. The summed E-state index contributed by atoms with van der Waals surface area (Å²) in [6.07, 6.45) is 3.83. The van der Waals surface area contributed by atoms with Crippen LogP contribution in [0, 0.1) is 17.1 Å². The van der Waals surface area contributed by atoms with Gasteiger partial charge in [0.1, 0.15) is 5.82 Å². The fourth-order valence-corrected chi connectivity index (χ4v) is 3.42. The molecule has 0 radical (unpaired) electrons. The molecule has 1 aromatic heterocycles. The van der Waals surface area contributed by atoms with Gasteiger partial charge in [0.25, 0.3) is 0 Å². The highest BCUT2D eigenvalue weighted by Crippen LogP contribution is 2.27. The number of nitriles is 1. The molecule has 0 aliphatic heterocycles. The number of aromatic nitrogens is 1. The molecule has 0 saturated heterocycles. The Balaban J connectivity index is 1.81. The van der Waals surface area contributed by atoms with Crippen LogP contribution in [-0.4, -0.2) is 4.57 Å². The van der Waals surface area contributed by atoms with Crippen molar-refractivity contribution in [1.29, 1.82) is 5.26 Å². The van der Waals surface area contributed by atoms with E-state index in [9.17, 15) is 9.65 Å². The van der Waals surface area contributed by atoms with E-state index in [4.69, 9.17) is 11.6 Å². The van der Waals surface area contributed by atoms with Crippen LogP contribution < -0.4 is 0 Å². The van der Waals surface area contributed by atoms with Crippen molar-refractivity contribution in [1.82, 2.24) is 4.57 Å². The van der Waals surface area contributed by atoms with Crippen molar-refractivity contribution >= 4 is 34.2 Å². The normalized spacial score (nSPS) is 11.5. The lowest BCUT2D eigenvalue weighted by molar-refractivity contribution is 0.602. The number of hydrogen-bond donors (Lipinski definition) is 0. The standard InChI is InChI=1S/C24H16ClFN2/c25-21-11-9-17(10-12-21)19(14-27)13-20-16-28(24-8-4-2-6-22(20)24)15-18-5-1-3-7-23(18)26/h1-13,16H,15H2/b19-13+. The highest BCUT2D eigenvalue weighted by Gasteiger charge is 2.10. The van der Waals surface area contributed by atoms with Crippen molar-refractivity contribution in [2.45, 2.75) is 6.54 Å². The molecule has 0 atom stereocenters. The lowest BCUT2D eigenvalue weighted by Gasteiger charge is -2.06. The van der Waals surface area contributed by atoms with Crippen LogP contribution in [0.5, 0.6) is 0 Å². The molecule has 136 valence electrons. The fraction of sp³-hybridized carbons (Fsp3) is 0.0417. The summed E-state index contributed by atoms with van der Waals surface area (Å²) in [7, 11) is 0. The Labute approximate surface area is 167 Å². The van der Waals surface area contributed by atoms with Crippen molar-refractivity contribution in [3.63, 3.8) is 0 Å². The van der Waals surface area contributed by atoms with Crippen LogP contribution in [0.25, 0.3) is 22.6 Å². The molecule has 4 rings (SSSR count). The Hall–Kier alpha value is -3.35. The third-order valence-electron chi connectivity index (χ3n) is 4.69. The first-order valence-electron chi connectivity index (χ1n) is 8.85. The number of para-hydroxylation sites is 1. The van der Waals surface area contributed by atoms with E-state index in [1.807, 2.05) is 59.3 Å². The number of benzene rings is 3. The van der Waals surface area contributed by atoms with Gasteiger partial charge in [-0.2, -0.15) is 5.26 Å². The smallest absolute Gasteiger partial charge is 0.128 e. The third kappa shape index (κ3) is 3.55. The Morgan fingerprint density at radius 3 is 2.46 bits per heavy atom. The SMILES string of the molecule is N#C/C(=C\c1cn(Cc2ccccc2F)c2ccccc12)c1ccc(Cl)cc1. The van der Waals surface area contributed by atoms with Crippen LogP contribution in [0.4, 0.5) is 4.39 Å². The van der Waals surface area contributed by atoms with Crippen molar-refractivity contribution in [3.8, 4) is 6.07 Å². The molecule has 4 heteroatoms. The van der Waals surface area contributed by atoms with Crippen LogP contribution >= 0.6 is 11.6 Å². The number of rotatable bonds is 4. The van der Waals surface area contributed by atoms with Gasteiger partial charge in [-0.3, -0.25) is 0 Å². The van der Waals surface area contributed by atoms with Gasteiger partial charge in [0.2, 0.25) is 0 Å². The average Bonchev–Trinajstić information content (AvgIpc) is 3.06. The number of hydrogen-bond acceptors (Lipinski definition) is 1. The van der Waals surface area contributed by atoms with Gasteiger partial charge in [-0.1, -0.05) is 60.1 Å². The third-order valence-corrected chi connectivity index (χ3v) is 4.95. The predicted octanol–water partition coefficient (Wildman–Crippen LogP) is 6.55. The van der Waals surface area contributed by atoms with Crippen molar-refractivity contribution in [3.05, 3.63) is 107 Å². The first kappa shape index (κ1) is 18.0. The predicted molar refractivity (Wildman–Crippen MR) is 112 cm³/mol.